The van der Waals surface area contributed by atoms with Crippen LogP contribution in [0.4, 0.5) is 23.2 Å². The third-order valence-corrected chi connectivity index (χ3v) is 1.35. The number of halogens is 4. The lowest BCUT2D eigenvalue weighted by atomic mass is 10.3. The molecule has 0 aromatic heterocycles. The lowest BCUT2D eigenvalue weighted by Gasteiger charge is -2.09. The molecule has 0 heterocycles. The molecule has 84 valence electrons. The minimum Gasteiger partial charge on any atom is -0.435 e. The Labute approximate surface area is 82.4 Å². The first-order chi connectivity index (χ1) is 6.97. The van der Waals surface area contributed by atoms with Gasteiger partial charge in [0.2, 0.25) is 0 Å². The van der Waals surface area contributed by atoms with Crippen molar-refractivity contribution in [2.75, 3.05) is 5.73 Å². The summed E-state index contributed by atoms with van der Waals surface area (Å²) in [6.45, 7) is -6.10. The van der Waals surface area contributed by atoms with E-state index in [-0.39, 0.29) is 17.2 Å². The first-order valence-corrected chi connectivity index (χ1v) is 3.77. The summed E-state index contributed by atoms with van der Waals surface area (Å²) in [5.74, 6) is -0.665. The number of anilines is 1. The van der Waals surface area contributed by atoms with E-state index in [0.29, 0.717) is 0 Å². The molecule has 0 aliphatic heterocycles. The molecule has 0 saturated heterocycles. The molecule has 7 heteroatoms. The van der Waals surface area contributed by atoms with Gasteiger partial charge in [0.1, 0.15) is 11.5 Å². The second-order valence-electron chi connectivity index (χ2n) is 2.49. The summed E-state index contributed by atoms with van der Waals surface area (Å²) < 4.78 is 55.1. The number of rotatable bonds is 4. The van der Waals surface area contributed by atoms with Gasteiger partial charge in [0.25, 0.3) is 0 Å². The summed E-state index contributed by atoms with van der Waals surface area (Å²) in [6.07, 6.45) is 0. The molecule has 15 heavy (non-hydrogen) atoms. The van der Waals surface area contributed by atoms with Crippen LogP contribution in [0.25, 0.3) is 0 Å². The molecular formula is C8H7F4NO2. The van der Waals surface area contributed by atoms with Crippen molar-refractivity contribution in [2.24, 2.45) is 0 Å². The summed E-state index contributed by atoms with van der Waals surface area (Å²) in [4.78, 5) is 0. The lowest BCUT2D eigenvalue weighted by Crippen LogP contribution is -2.05. The van der Waals surface area contributed by atoms with E-state index in [1.165, 1.54) is 0 Å². The monoisotopic (exact) mass is 225 g/mol. The molecule has 1 aromatic rings. The van der Waals surface area contributed by atoms with Gasteiger partial charge in [0.05, 0.1) is 0 Å². The highest BCUT2D eigenvalue weighted by atomic mass is 19.3. The van der Waals surface area contributed by atoms with Gasteiger partial charge in [-0.3, -0.25) is 0 Å². The van der Waals surface area contributed by atoms with Crippen molar-refractivity contribution < 1.29 is 27.0 Å². The van der Waals surface area contributed by atoms with Crippen LogP contribution in [0.5, 0.6) is 11.5 Å². The fraction of sp³-hybridized carbons (Fsp3) is 0.250. The van der Waals surface area contributed by atoms with Crippen LogP contribution in [0.3, 0.4) is 0 Å². The molecule has 0 aliphatic rings. The Bertz CT molecular complexity index is 304. The van der Waals surface area contributed by atoms with Gasteiger partial charge in [0.15, 0.2) is 0 Å². The predicted molar refractivity (Wildman–Crippen MR) is 44.1 cm³/mol. The second-order valence-corrected chi connectivity index (χ2v) is 2.49. The van der Waals surface area contributed by atoms with Gasteiger partial charge in [-0.05, 0) is 0 Å². The molecule has 0 unspecified atom stereocenters. The van der Waals surface area contributed by atoms with Crippen molar-refractivity contribution >= 4 is 5.69 Å². The quantitative estimate of drug-likeness (QED) is 0.632. The van der Waals surface area contributed by atoms with Gasteiger partial charge in [0, 0.05) is 23.9 Å². The van der Waals surface area contributed by atoms with Gasteiger partial charge in [-0.25, -0.2) is 0 Å². The fourth-order valence-electron chi connectivity index (χ4n) is 0.936. The van der Waals surface area contributed by atoms with Crippen molar-refractivity contribution in [3.8, 4) is 11.5 Å². The summed E-state index contributed by atoms with van der Waals surface area (Å²) in [5, 5.41) is 0. The second kappa shape index (κ2) is 4.72. The number of nitrogen functional groups attached to an aromatic ring is 1. The van der Waals surface area contributed by atoms with Crippen LogP contribution >= 0.6 is 0 Å². The molecule has 1 rings (SSSR count). The Morgan fingerprint density at radius 2 is 1.27 bits per heavy atom. The van der Waals surface area contributed by atoms with Crippen LogP contribution in [0.15, 0.2) is 18.2 Å². The summed E-state index contributed by atoms with van der Waals surface area (Å²) in [6, 6.07) is 3.05. The highest BCUT2D eigenvalue weighted by molar-refractivity contribution is 5.50. The van der Waals surface area contributed by atoms with Gasteiger partial charge in [-0.15, -0.1) is 0 Å². The van der Waals surface area contributed by atoms with Crippen molar-refractivity contribution in [3.63, 3.8) is 0 Å². The zero-order valence-electron chi connectivity index (χ0n) is 7.29. The molecule has 0 atom stereocenters. The van der Waals surface area contributed by atoms with Crippen LogP contribution in [0, 0.1) is 0 Å². The maximum Gasteiger partial charge on any atom is 0.387 e. The molecule has 1 aromatic carbocycles. The van der Waals surface area contributed by atoms with Crippen molar-refractivity contribution in [3.05, 3.63) is 18.2 Å². The van der Waals surface area contributed by atoms with E-state index < -0.39 is 13.2 Å². The number of hydrogen-bond acceptors (Lipinski definition) is 3. The van der Waals surface area contributed by atoms with Gasteiger partial charge in [-0.2, -0.15) is 17.6 Å². The van der Waals surface area contributed by atoms with E-state index in [9.17, 15) is 17.6 Å². The standard InChI is InChI=1S/C8H7F4NO2/c9-7(10)14-5-1-4(13)2-6(3-5)15-8(11)12/h1-3,7-8H,13H2. The van der Waals surface area contributed by atoms with E-state index in [1.807, 2.05) is 0 Å². The first kappa shape index (κ1) is 11.4. The highest BCUT2D eigenvalue weighted by Gasteiger charge is 2.09. The summed E-state index contributed by atoms with van der Waals surface area (Å²) in [5.41, 5.74) is 5.25. The van der Waals surface area contributed by atoms with Gasteiger partial charge in [-0.1, -0.05) is 0 Å². The third kappa shape index (κ3) is 3.92. The Balaban J connectivity index is 2.84. The van der Waals surface area contributed by atoms with Crippen LogP contribution in [0.2, 0.25) is 0 Å². The Morgan fingerprint density at radius 1 is 0.867 bits per heavy atom. The van der Waals surface area contributed by atoms with Crippen molar-refractivity contribution in [1.29, 1.82) is 0 Å². The largest absolute Gasteiger partial charge is 0.435 e. The topological polar surface area (TPSA) is 44.5 Å². The molecule has 0 saturated carbocycles. The average Bonchev–Trinajstić information content (AvgIpc) is 1.98. The molecule has 2 N–H and O–H groups in total. The zero-order chi connectivity index (χ0) is 11.4. The molecule has 0 bridgehead atoms. The maximum absolute atomic E-state index is 11.8. The molecule has 0 amide bonds. The molecule has 0 spiro atoms. The van der Waals surface area contributed by atoms with Gasteiger partial charge >= 0.3 is 13.2 Å². The Hall–Kier alpha value is -1.66. The Morgan fingerprint density at radius 3 is 1.60 bits per heavy atom. The summed E-state index contributed by atoms with van der Waals surface area (Å²) >= 11 is 0. The lowest BCUT2D eigenvalue weighted by molar-refractivity contribution is -0.0541. The molecule has 3 nitrogen and oxygen atoms in total. The minimum atomic E-state index is -3.05. The van der Waals surface area contributed by atoms with Gasteiger partial charge < -0.3 is 15.2 Å². The zero-order valence-corrected chi connectivity index (χ0v) is 7.29. The van der Waals surface area contributed by atoms with E-state index in [1.54, 1.807) is 0 Å². The number of ether oxygens (including phenoxy) is 2. The molecule has 0 radical (unpaired) electrons. The van der Waals surface area contributed by atoms with Crippen molar-refractivity contribution in [2.45, 2.75) is 13.2 Å². The normalized spacial score (nSPS) is 10.8. The molecule has 0 fully saturated rings. The minimum absolute atomic E-state index is 0.0104. The maximum atomic E-state index is 11.8. The summed E-state index contributed by atoms with van der Waals surface area (Å²) in [7, 11) is 0. The van der Waals surface area contributed by atoms with E-state index in [0.717, 1.165) is 18.2 Å². The van der Waals surface area contributed by atoms with E-state index in [4.69, 9.17) is 5.73 Å². The van der Waals surface area contributed by atoms with Crippen LogP contribution < -0.4 is 15.2 Å². The molecular weight excluding hydrogens is 218 g/mol. The first-order valence-electron chi connectivity index (χ1n) is 3.77. The van der Waals surface area contributed by atoms with Crippen molar-refractivity contribution in [1.82, 2.24) is 0 Å². The number of nitrogens with two attached hydrogens (primary N) is 1. The van der Waals surface area contributed by atoms with E-state index >= 15 is 0 Å². The highest BCUT2D eigenvalue weighted by Crippen LogP contribution is 2.26. The fourth-order valence-corrected chi connectivity index (χ4v) is 0.936. The Kier molecular flexibility index (Phi) is 3.59. The number of alkyl halides is 4. The number of benzene rings is 1. The third-order valence-electron chi connectivity index (χ3n) is 1.35. The average molecular weight is 225 g/mol. The van der Waals surface area contributed by atoms with E-state index in [2.05, 4.69) is 9.47 Å². The molecule has 0 aliphatic carbocycles. The van der Waals surface area contributed by atoms with Crippen LogP contribution in [-0.2, 0) is 0 Å². The van der Waals surface area contributed by atoms with Crippen LogP contribution in [0.1, 0.15) is 0 Å². The SMILES string of the molecule is Nc1cc(OC(F)F)cc(OC(F)F)c1. The predicted octanol–water partition coefficient (Wildman–Crippen LogP) is 2.47. The number of hydrogen-bond donors (Lipinski definition) is 1. The smallest absolute Gasteiger partial charge is 0.387 e. The van der Waals surface area contributed by atoms with Crippen LogP contribution in [-0.4, -0.2) is 13.2 Å².